The van der Waals surface area contributed by atoms with Crippen LogP contribution in [0.3, 0.4) is 0 Å². The number of rotatable bonds is 4. The van der Waals surface area contributed by atoms with Crippen molar-refractivity contribution in [2.45, 2.75) is 25.9 Å². The summed E-state index contributed by atoms with van der Waals surface area (Å²) in [5.74, 6) is 0.00892. The normalized spacial score (nSPS) is 25.0. The van der Waals surface area contributed by atoms with E-state index in [2.05, 4.69) is 15.0 Å². The maximum atomic E-state index is 12.8. The van der Waals surface area contributed by atoms with Crippen LogP contribution in [0.25, 0.3) is 0 Å². The third-order valence-corrected chi connectivity index (χ3v) is 5.23. The Morgan fingerprint density at radius 2 is 2.35 bits per heavy atom. The van der Waals surface area contributed by atoms with Crippen molar-refractivity contribution in [2.75, 3.05) is 26.3 Å². The van der Waals surface area contributed by atoms with Gasteiger partial charge in [-0.2, -0.15) is 0 Å². The van der Waals surface area contributed by atoms with Crippen LogP contribution in [-0.4, -0.2) is 58.2 Å². The van der Waals surface area contributed by atoms with Gasteiger partial charge in [0, 0.05) is 44.0 Å². The Kier molecular flexibility index (Phi) is 4.55. The highest BCUT2D eigenvalue weighted by Gasteiger charge is 2.49. The standard InChI is InChI=1S/C19H22N4O3/c1-14-4-8-21-18(22-14)26-13-19-6-10-25-16(19)5-9-23(12-19)17(24)15-3-2-7-20-11-15/h2-4,7-8,11,16H,5-6,9-10,12-13H2,1H3/t16-,19+/m0/s1. The Morgan fingerprint density at radius 3 is 3.15 bits per heavy atom. The van der Waals surface area contributed by atoms with Gasteiger partial charge in [-0.05, 0) is 38.0 Å². The zero-order valence-corrected chi connectivity index (χ0v) is 14.8. The average Bonchev–Trinajstić information content (AvgIpc) is 3.10. The van der Waals surface area contributed by atoms with Gasteiger partial charge in [0.15, 0.2) is 0 Å². The van der Waals surface area contributed by atoms with Gasteiger partial charge < -0.3 is 14.4 Å². The number of aromatic nitrogens is 3. The largest absolute Gasteiger partial charge is 0.463 e. The van der Waals surface area contributed by atoms with E-state index in [-0.39, 0.29) is 17.4 Å². The summed E-state index contributed by atoms with van der Waals surface area (Å²) >= 11 is 0. The van der Waals surface area contributed by atoms with E-state index in [0.717, 1.165) is 18.5 Å². The summed E-state index contributed by atoms with van der Waals surface area (Å²) in [6.45, 7) is 4.33. The molecule has 4 rings (SSSR count). The van der Waals surface area contributed by atoms with Gasteiger partial charge >= 0.3 is 6.01 Å². The molecule has 2 aliphatic rings. The van der Waals surface area contributed by atoms with Crippen LogP contribution in [0.5, 0.6) is 6.01 Å². The molecule has 2 fully saturated rings. The molecular weight excluding hydrogens is 332 g/mol. The van der Waals surface area contributed by atoms with Gasteiger partial charge in [0.1, 0.15) is 6.61 Å². The molecule has 0 unspecified atom stereocenters. The van der Waals surface area contributed by atoms with Crippen molar-refractivity contribution in [2.24, 2.45) is 5.41 Å². The first-order chi connectivity index (χ1) is 12.7. The van der Waals surface area contributed by atoms with E-state index < -0.39 is 0 Å². The maximum Gasteiger partial charge on any atom is 0.316 e. The van der Waals surface area contributed by atoms with Gasteiger partial charge in [-0.3, -0.25) is 9.78 Å². The van der Waals surface area contributed by atoms with Crippen LogP contribution in [-0.2, 0) is 4.74 Å². The molecule has 7 heteroatoms. The monoisotopic (exact) mass is 354 g/mol. The van der Waals surface area contributed by atoms with E-state index in [1.807, 2.05) is 17.9 Å². The first kappa shape index (κ1) is 16.9. The molecule has 7 nitrogen and oxygen atoms in total. The second kappa shape index (κ2) is 6.99. The van der Waals surface area contributed by atoms with Crippen LogP contribution in [0.1, 0.15) is 28.9 Å². The van der Waals surface area contributed by atoms with E-state index in [4.69, 9.17) is 9.47 Å². The van der Waals surface area contributed by atoms with Crippen molar-refractivity contribution in [1.29, 1.82) is 0 Å². The molecule has 0 saturated carbocycles. The lowest BCUT2D eigenvalue weighted by Crippen LogP contribution is -2.54. The third kappa shape index (κ3) is 3.26. The Morgan fingerprint density at radius 1 is 1.42 bits per heavy atom. The van der Waals surface area contributed by atoms with E-state index in [1.165, 1.54) is 0 Å². The lowest BCUT2D eigenvalue weighted by molar-refractivity contribution is -0.0339. The van der Waals surface area contributed by atoms with Crippen LogP contribution < -0.4 is 4.74 Å². The zero-order valence-electron chi connectivity index (χ0n) is 14.8. The molecule has 136 valence electrons. The summed E-state index contributed by atoms with van der Waals surface area (Å²) in [6, 6.07) is 5.80. The molecule has 0 aromatic carbocycles. The third-order valence-electron chi connectivity index (χ3n) is 5.23. The summed E-state index contributed by atoms with van der Waals surface area (Å²) in [5.41, 5.74) is 1.26. The van der Waals surface area contributed by atoms with Crippen molar-refractivity contribution in [3.05, 3.63) is 48.0 Å². The van der Waals surface area contributed by atoms with Crippen molar-refractivity contribution in [1.82, 2.24) is 19.9 Å². The predicted molar refractivity (Wildman–Crippen MR) is 93.8 cm³/mol. The molecule has 1 amide bonds. The molecular formula is C19H22N4O3. The minimum Gasteiger partial charge on any atom is -0.463 e. The second-order valence-electron chi connectivity index (χ2n) is 7.00. The van der Waals surface area contributed by atoms with Crippen molar-refractivity contribution in [3.63, 3.8) is 0 Å². The molecule has 0 spiro atoms. The number of likely N-dealkylation sites (tertiary alicyclic amines) is 1. The molecule has 2 saturated heterocycles. The van der Waals surface area contributed by atoms with Crippen molar-refractivity contribution in [3.8, 4) is 6.01 Å². The van der Waals surface area contributed by atoms with Gasteiger partial charge in [0.2, 0.25) is 0 Å². The summed E-state index contributed by atoms with van der Waals surface area (Å²) < 4.78 is 11.8. The average molecular weight is 354 g/mol. The smallest absolute Gasteiger partial charge is 0.316 e. The summed E-state index contributed by atoms with van der Waals surface area (Å²) in [7, 11) is 0. The molecule has 2 aliphatic heterocycles. The molecule has 4 heterocycles. The maximum absolute atomic E-state index is 12.8. The Bertz CT molecular complexity index is 785. The van der Waals surface area contributed by atoms with E-state index >= 15 is 0 Å². The quantitative estimate of drug-likeness (QED) is 0.834. The number of fused-ring (bicyclic) bond motifs is 1. The first-order valence-corrected chi connectivity index (χ1v) is 8.90. The molecule has 2 atom stereocenters. The second-order valence-corrected chi connectivity index (χ2v) is 7.00. The lowest BCUT2D eigenvalue weighted by Gasteiger charge is -2.43. The molecule has 2 aromatic heterocycles. The van der Waals surface area contributed by atoms with Crippen LogP contribution in [0.4, 0.5) is 0 Å². The minimum atomic E-state index is -0.219. The molecule has 26 heavy (non-hydrogen) atoms. The molecule has 0 bridgehead atoms. The van der Waals surface area contributed by atoms with Crippen molar-refractivity contribution < 1.29 is 14.3 Å². The topological polar surface area (TPSA) is 77.4 Å². The van der Waals surface area contributed by atoms with Gasteiger partial charge in [-0.1, -0.05) is 0 Å². The lowest BCUT2D eigenvalue weighted by atomic mass is 9.77. The van der Waals surface area contributed by atoms with Gasteiger partial charge in [-0.25, -0.2) is 9.97 Å². The fourth-order valence-corrected chi connectivity index (χ4v) is 3.80. The minimum absolute atomic E-state index is 0.00892. The van der Waals surface area contributed by atoms with E-state index in [0.29, 0.717) is 37.9 Å². The number of nitrogens with zero attached hydrogens (tertiary/aromatic N) is 4. The number of carbonyl (C=O) groups excluding carboxylic acids is 1. The molecule has 2 aromatic rings. The first-order valence-electron chi connectivity index (χ1n) is 8.90. The summed E-state index contributed by atoms with van der Waals surface area (Å²) in [4.78, 5) is 27.3. The number of aryl methyl sites for hydroxylation is 1. The highest BCUT2D eigenvalue weighted by molar-refractivity contribution is 5.94. The summed E-state index contributed by atoms with van der Waals surface area (Å²) in [6.07, 6.45) is 6.75. The fourth-order valence-electron chi connectivity index (χ4n) is 3.80. The number of hydrogen-bond donors (Lipinski definition) is 0. The Balaban J connectivity index is 1.50. The highest BCUT2D eigenvalue weighted by atomic mass is 16.5. The van der Waals surface area contributed by atoms with E-state index in [1.54, 1.807) is 30.7 Å². The number of carbonyl (C=O) groups is 1. The molecule has 0 radical (unpaired) electrons. The van der Waals surface area contributed by atoms with Crippen LogP contribution in [0, 0.1) is 12.3 Å². The number of ether oxygens (including phenoxy) is 2. The number of amides is 1. The number of pyridine rings is 1. The van der Waals surface area contributed by atoms with Gasteiger partial charge in [0.05, 0.1) is 17.1 Å². The summed E-state index contributed by atoms with van der Waals surface area (Å²) in [5, 5.41) is 0. The molecule has 0 N–H and O–H groups in total. The Labute approximate surface area is 152 Å². The highest BCUT2D eigenvalue weighted by Crippen LogP contribution is 2.41. The predicted octanol–water partition coefficient (Wildman–Crippen LogP) is 1.88. The van der Waals surface area contributed by atoms with Crippen LogP contribution in [0.2, 0.25) is 0 Å². The number of piperidine rings is 1. The van der Waals surface area contributed by atoms with Crippen LogP contribution >= 0.6 is 0 Å². The van der Waals surface area contributed by atoms with E-state index in [9.17, 15) is 4.79 Å². The van der Waals surface area contributed by atoms with Gasteiger partial charge in [0.25, 0.3) is 5.91 Å². The fraction of sp³-hybridized carbons (Fsp3) is 0.474. The zero-order chi connectivity index (χ0) is 18.0. The van der Waals surface area contributed by atoms with Crippen molar-refractivity contribution >= 4 is 5.91 Å². The number of hydrogen-bond acceptors (Lipinski definition) is 6. The Hall–Kier alpha value is -2.54. The van der Waals surface area contributed by atoms with Crippen LogP contribution in [0.15, 0.2) is 36.8 Å². The van der Waals surface area contributed by atoms with Gasteiger partial charge in [-0.15, -0.1) is 0 Å². The SMILES string of the molecule is Cc1ccnc(OC[C@]23CCO[C@H]2CCN(C(=O)c2cccnc2)C3)n1. The molecule has 0 aliphatic carbocycles.